The van der Waals surface area contributed by atoms with Gasteiger partial charge < -0.3 is 5.73 Å². The molecule has 0 bridgehead atoms. The molecule has 1 fully saturated rings. The summed E-state index contributed by atoms with van der Waals surface area (Å²) in [6.45, 7) is 6.85. The van der Waals surface area contributed by atoms with Crippen molar-refractivity contribution >= 4 is 0 Å². The summed E-state index contributed by atoms with van der Waals surface area (Å²) in [6.07, 6.45) is -1.31. The minimum absolute atomic E-state index is 0.0614. The van der Waals surface area contributed by atoms with Crippen molar-refractivity contribution in [3.63, 3.8) is 0 Å². The summed E-state index contributed by atoms with van der Waals surface area (Å²) >= 11 is 0. The molecule has 1 unspecified atom stereocenters. The van der Waals surface area contributed by atoms with Gasteiger partial charge in [-0.3, -0.25) is 4.90 Å². The van der Waals surface area contributed by atoms with Crippen LogP contribution in [0.2, 0.25) is 0 Å². The van der Waals surface area contributed by atoms with E-state index in [0.29, 0.717) is 6.54 Å². The SMILES string of the molecule is CCCC(C)(CC)N1C[C@@H](N)C[C@@H](C(F)(F)F)C1. The van der Waals surface area contributed by atoms with E-state index in [0.717, 1.165) is 19.3 Å². The van der Waals surface area contributed by atoms with Crippen molar-refractivity contribution in [3.05, 3.63) is 0 Å². The Hall–Kier alpha value is -0.290. The van der Waals surface area contributed by atoms with Crippen LogP contribution in [0.25, 0.3) is 0 Å². The molecule has 0 spiro atoms. The van der Waals surface area contributed by atoms with E-state index in [4.69, 9.17) is 5.73 Å². The molecule has 0 aromatic rings. The first-order valence-corrected chi connectivity index (χ1v) is 6.80. The number of nitrogens with zero attached hydrogens (tertiary/aromatic N) is 1. The predicted molar refractivity (Wildman–Crippen MR) is 67.3 cm³/mol. The first kappa shape index (κ1) is 15.8. The Morgan fingerprint density at radius 2 is 1.83 bits per heavy atom. The van der Waals surface area contributed by atoms with Gasteiger partial charge in [0.15, 0.2) is 0 Å². The third kappa shape index (κ3) is 3.60. The molecule has 1 aliphatic rings. The van der Waals surface area contributed by atoms with Crippen molar-refractivity contribution < 1.29 is 13.2 Å². The van der Waals surface area contributed by atoms with Gasteiger partial charge >= 0.3 is 6.18 Å². The van der Waals surface area contributed by atoms with Gasteiger partial charge in [-0.25, -0.2) is 0 Å². The summed E-state index contributed by atoms with van der Waals surface area (Å²) < 4.78 is 38.7. The van der Waals surface area contributed by atoms with Crippen molar-refractivity contribution in [1.82, 2.24) is 4.90 Å². The lowest BCUT2D eigenvalue weighted by molar-refractivity contribution is -0.193. The summed E-state index contributed by atoms with van der Waals surface area (Å²) in [5.41, 5.74) is 5.66. The zero-order valence-electron chi connectivity index (χ0n) is 11.6. The molecule has 3 atom stereocenters. The highest BCUT2D eigenvalue weighted by Gasteiger charge is 2.46. The molecule has 0 saturated carbocycles. The van der Waals surface area contributed by atoms with Crippen molar-refractivity contribution in [1.29, 1.82) is 0 Å². The van der Waals surface area contributed by atoms with Gasteiger partial charge in [-0.15, -0.1) is 0 Å². The maximum Gasteiger partial charge on any atom is 0.393 e. The number of hydrogen-bond donors (Lipinski definition) is 1. The first-order valence-electron chi connectivity index (χ1n) is 6.80. The summed E-state index contributed by atoms with van der Waals surface area (Å²) in [5, 5.41) is 0. The van der Waals surface area contributed by atoms with E-state index in [9.17, 15) is 13.2 Å². The fourth-order valence-electron chi connectivity index (χ4n) is 2.91. The zero-order chi connectivity index (χ0) is 14.0. The minimum atomic E-state index is -4.13. The molecule has 0 aromatic carbocycles. The van der Waals surface area contributed by atoms with Crippen LogP contribution in [0.1, 0.15) is 46.5 Å². The molecule has 1 heterocycles. The Morgan fingerprint density at radius 1 is 1.22 bits per heavy atom. The van der Waals surface area contributed by atoms with Gasteiger partial charge in [0.25, 0.3) is 0 Å². The standard InChI is InChI=1S/C13H25F3N2/c1-4-6-12(3,5-2)18-8-10(13(14,15)16)7-11(17)9-18/h10-11H,4-9,17H2,1-3H3/t10-,11+,12?/m1/s1. The lowest BCUT2D eigenvalue weighted by Gasteiger charge is -2.47. The fourth-order valence-corrected chi connectivity index (χ4v) is 2.91. The Kier molecular flexibility index (Phi) is 5.06. The second kappa shape index (κ2) is 5.78. The van der Waals surface area contributed by atoms with Crippen molar-refractivity contribution in [2.45, 2.75) is 64.2 Å². The van der Waals surface area contributed by atoms with Crippen molar-refractivity contribution in [2.75, 3.05) is 13.1 Å². The van der Waals surface area contributed by atoms with Gasteiger partial charge in [0, 0.05) is 24.7 Å². The molecular formula is C13H25F3N2. The predicted octanol–water partition coefficient (Wildman–Crippen LogP) is 3.17. The number of halogens is 3. The van der Waals surface area contributed by atoms with Crippen molar-refractivity contribution in [3.8, 4) is 0 Å². The molecule has 1 saturated heterocycles. The Balaban J connectivity index is 2.82. The molecule has 0 radical (unpaired) electrons. The maximum atomic E-state index is 12.9. The largest absolute Gasteiger partial charge is 0.393 e. The molecule has 0 amide bonds. The van der Waals surface area contributed by atoms with Crippen LogP contribution in [0.5, 0.6) is 0 Å². The number of alkyl halides is 3. The smallest absolute Gasteiger partial charge is 0.327 e. The van der Waals surface area contributed by atoms with E-state index in [1.54, 1.807) is 0 Å². The molecule has 1 aliphatic heterocycles. The summed E-state index contributed by atoms with van der Waals surface area (Å²) in [4.78, 5) is 1.96. The fraction of sp³-hybridized carbons (Fsp3) is 1.00. The van der Waals surface area contributed by atoms with Gasteiger partial charge in [-0.1, -0.05) is 20.3 Å². The Labute approximate surface area is 108 Å². The molecule has 18 heavy (non-hydrogen) atoms. The number of hydrogen-bond acceptors (Lipinski definition) is 2. The van der Waals surface area contributed by atoms with E-state index in [1.165, 1.54) is 0 Å². The van der Waals surface area contributed by atoms with E-state index in [2.05, 4.69) is 13.8 Å². The van der Waals surface area contributed by atoms with Crippen LogP contribution in [0, 0.1) is 5.92 Å². The Bertz CT molecular complexity index is 267. The summed E-state index contributed by atoms with van der Waals surface area (Å²) in [7, 11) is 0. The molecule has 5 heteroatoms. The Morgan fingerprint density at radius 3 is 2.28 bits per heavy atom. The van der Waals surface area contributed by atoms with Crippen molar-refractivity contribution in [2.24, 2.45) is 11.7 Å². The molecule has 108 valence electrons. The molecule has 2 N–H and O–H groups in total. The first-order chi connectivity index (χ1) is 8.23. The average molecular weight is 266 g/mol. The second-order valence-corrected chi connectivity index (χ2v) is 5.74. The normalized spacial score (nSPS) is 30.2. The summed E-state index contributed by atoms with van der Waals surface area (Å²) in [5.74, 6) is -1.27. The molecular weight excluding hydrogens is 241 g/mol. The lowest BCUT2D eigenvalue weighted by atomic mass is 9.85. The highest BCUT2D eigenvalue weighted by Crippen LogP contribution is 2.37. The highest BCUT2D eigenvalue weighted by molar-refractivity contribution is 4.93. The van der Waals surface area contributed by atoms with Crippen LogP contribution in [0.15, 0.2) is 0 Å². The maximum absolute atomic E-state index is 12.9. The third-order valence-electron chi connectivity index (χ3n) is 4.26. The molecule has 0 aliphatic carbocycles. The van der Waals surface area contributed by atoms with Crippen LogP contribution < -0.4 is 5.73 Å². The third-order valence-corrected chi connectivity index (χ3v) is 4.26. The zero-order valence-corrected chi connectivity index (χ0v) is 11.6. The lowest BCUT2D eigenvalue weighted by Crippen LogP contribution is -2.58. The minimum Gasteiger partial charge on any atom is -0.327 e. The number of piperidine rings is 1. The van der Waals surface area contributed by atoms with Crippen LogP contribution in [-0.4, -0.2) is 35.7 Å². The van der Waals surface area contributed by atoms with E-state index in [1.807, 2.05) is 11.8 Å². The topological polar surface area (TPSA) is 29.3 Å². The van der Waals surface area contributed by atoms with E-state index < -0.39 is 12.1 Å². The molecule has 0 aromatic heterocycles. The number of rotatable bonds is 4. The monoisotopic (exact) mass is 266 g/mol. The number of likely N-dealkylation sites (tertiary alicyclic amines) is 1. The molecule has 1 rings (SSSR count). The van der Waals surface area contributed by atoms with Crippen LogP contribution >= 0.6 is 0 Å². The van der Waals surface area contributed by atoms with Gasteiger partial charge in [0.2, 0.25) is 0 Å². The molecule has 2 nitrogen and oxygen atoms in total. The average Bonchev–Trinajstić information content (AvgIpc) is 2.27. The van der Waals surface area contributed by atoms with Crippen LogP contribution in [0.3, 0.4) is 0 Å². The van der Waals surface area contributed by atoms with Gasteiger partial charge in [0.1, 0.15) is 0 Å². The quantitative estimate of drug-likeness (QED) is 0.847. The van der Waals surface area contributed by atoms with E-state index in [-0.39, 0.29) is 24.5 Å². The number of nitrogens with two attached hydrogens (primary N) is 1. The van der Waals surface area contributed by atoms with Gasteiger partial charge in [-0.05, 0) is 26.2 Å². The van der Waals surface area contributed by atoms with Crippen LogP contribution in [0.4, 0.5) is 13.2 Å². The van der Waals surface area contributed by atoms with E-state index >= 15 is 0 Å². The van der Waals surface area contributed by atoms with Gasteiger partial charge in [0.05, 0.1) is 5.92 Å². The summed E-state index contributed by atoms with van der Waals surface area (Å²) in [6, 6.07) is -0.367. The van der Waals surface area contributed by atoms with Crippen LogP contribution in [-0.2, 0) is 0 Å². The second-order valence-electron chi connectivity index (χ2n) is 5.74. The van der Waals surface area contributed by atoms with Gasteiger partial charge in [-0.2, -0.15) is 13.2 Å². The highest BCUT2D eigenvalue weighted by atomic mass is 19.4.